The van der Waals surface area contributed by atoms with Gasteiger partial charge in [-0.15, -0.1) is 0 Å². The minimum atomic E-state index is 0.0362. The molecule has 0 aromatic rings. The van der Waals surface area contributed by atoms with Crippen molar-refractivity contribution in [3.05, 3.63) is 0 Å². The van der Waals surface area contributed by atoms with E-state index in [0.717, 1.165) is 6.54 Å². The Morgan fingerprint density at radius 3 is 2.62 bits per heavy atom. The van der Waals surface area contributed by atoms with Crippen LogP contribution in [0, 0.1) is 5.92 Å². The minimum absolute atomic E-state index is 0.0362. The molecule has 5 nitrogen and oxygen atoms in total. The molecule has 2 unspecified atom stereocenters. The van der Waals surface area contributed by atoms with E-state index in [1.807, 2.05) is 13.8 Å². The van der Waals surface area contributed by atoms with Crippen LogP contribution >= 0.6 is 0 Å². The quantitative estimate of drug-likeness (QED) is 0.238. The number of rotatable bonds is 6. The molecule has 0 saturated carbocycles. The largest absolute Gasteiger partial charge is 0.409 e. The van der Waals surface area contributed by atoms with Crippen LogP contribution in [0.5, 0.6) is 0 Å². The predicted octanol–water partition coefficient (Wildman–Crippen LogP) is -0.00660. The predicted molar refractivity (Wildman–Crippen MR) is 51.9 cm³/mol. The maximum Gasteiger partial charge on any atom is 0.143 e. The Morgan fingerprint density at radius 2 is 2.15 bits per heavy atom. The first-order valence-electron chi connectivity index (χ1n) is 4.32. The molecule has 0 aliphatic heterocycles. The summed E-state index contributed by atoms with van der Waals surface area (Å²) < 4.78 is 5.05. The van der Waals surface area contributed by atoms with Crippen molar-refractivity contribution in [1.29, 1.82) is 0 Å². The van der Waals surface area contributed by atoms with E-state index in [1.54, 1.807) is 7.11 Å². The van der Waals surface area contributed by atoms with Crippen molar-refractivity contribution in [2.45, 2.75) is 20.0 Å². The van der Waals surface area contributed by atoms with Crippen LogP contribution in [-0.2, 0) is 4.74 Å². The number of hydrogen-bond acceptors (Lipinski definition) is 4. The fourth-order valence-electron chi connectivity index (χ4n) is 0.790. The van der Waals surface area contributed by atoms with Crippen LogP contribution in [0.3, 0.4) is 0 Å². The zero-order valence-electron chi connectivity index (χ0n) is 8.45. The third-order valence-corrected chi connectivity index (χ3v) is 1.91. The van der Waals surface area contributed by atoms with Crippen molar-refractivity contribution in [1.82, 2.24) is 5.32 Å². The first kappa shape index (κ1) is 12.2. The zero-order valence-corrected chi connectivity index (χ0v) is 8.45. The van der Waals surface area contributed by atoms with Crippen molar-refractivity contribution in [3.8, 4) is 0 Å². The van der Waals surface area contributed by atoms with Gasteiger partial charge < -0.3 is 21.0 Å². The maximum atomic E-state index is 8.37. The SMILES string of the molecule is COC(C)CNCC(C)C(N)=NO. The molecule has 0 aliphatic carbocycles. The highest BCUT2D eigenvalue weighted by Gasteiger charge is 2.07. The Bertz CT molecular complexity index is 161. The van der Waals surface area contributed by atoms with Crippen LogP contribution in [0.15, 0.2) is 5.16 Å². The second-order valence-electron chi connectivity index (χ2n) is 3.13. The van der Waals surface area contributed by atoms with Gasteiger partial charge in [-0.25, -0.2) is 0 Å². The third kappa shape index (κ3) is 5.43. The average Bonchev–Trinajstić information content (AvgIpc) is 2.15. The number of nitrogens with one attached hydrogen (secondary N) is 1. The number of ether oxygens (including phenoxy) is 1. The summed E-state index contributed by atoms with van der Waals surface area (Å²) in [4.78, 5) is 0. The summed E-state index contributed by atoms with van der Waals surface area (Å²) in [6, 6.07) is 0. The maximum absolute atomic E-state index is 8.37. The van der Waals surface area contributed by atoms with Gasteiger partial charge in [0.2, 0.25) is 0 Å². The van der Waals surface area contributed by atoms with Gasteiger partial charge in [-0.2, -0.15) is 0 Å². The van der Waals surface area contributed by atoms with Crippen LogP contribution < -0.4 is 11.1 Å². The summed E-state index contributed by atoms with van der Waals surface area (Å²) >= 11 is 0. The summed E-state index contributed by atoms with van der Waals surface area (Å²) in [5.41, 5.74) is 5.39. The van der Waals surface area contributed by atoms with Gasteiger partial charge in [0.1, 0.15) is 5.84 Å². The van der Waals surface area contributed by atoms with Gasteiger partial charge in [-0.3, -0.25) is 0 Å². The molecule has 78 valence electrons. The molecule has 0 bridgehead atoms. The van der Waals surface area contributed by atoms with Crippen LogP contribution in [0.2, 0.25) is 0 Å². The van der Waals surface area contributed by atoms with Gasteiger partial charge in [0, 0.05) is 26.1 Å². The van der Waals surface area contributed by atoms with E-state index >= 15 is 0 Å². The second kappa shape index (κ2) is 6.68. The standard InChI is InChI=1S/C8H19N3O2/c1-6(8(9)11-12)4-10-5-7(2)13-3/h6-7,10,12H,4-5H2,1-3H3,(H2,9,11). The van der Waals surface area contributed by atoms with Crippen LogP contribution in [0.1, 0.15) is 13.8 Å². The summed E-state index contributed by atoms with van der Waals surface area (Å²) in [5, 5.41) is 14.5. The monoisotopic (exact) mass is 189 g/mol. The smallest absolute Gasteiger partial charge is 0.143 e. The Labute approximate surface area is 78.9 Å². The molecule has 4 N–H and O–H groups in total. The lowest BCUT2D eigenvalue weighted by Gasteiger charge is -2.13. The van der Waals surface area contributed by atoms with Crippen LogP contribution in [-0.4, -0.2) is 37.3 Å². The second-order valence-corrected chi connectivity index (χ2v) is 3.13. The summed E-state index contributed by atoms with van der Waals surface area (Å²) in [6.07, 6.45) is 0.180. The number of hydrogen-bond donors (Lipinski definition) is 3. The molecule has 0 fully saturated rings. The fourth-order valence-corrected chi connectivity index (χ4v) is 0.790. The topological polar surface area (TPSA) is 79.9 Å². The molecule has 0 radical (unpaired) electrons. The molecule has 0 heterocycles. The lowest BCUT2D eigenvalue weighted by Crippen LogP contribution is -2.35. The molecule has 5 heteroatoms. The molecule has 0 aliphatic rings. The number of oxime groups is 1. The summed E-state index contributed by atoms with van der Waals surface area (Å²) in [7, 11) is 1.67. The average molecular weight is 189 g/mol. The first-order valence-corrected chi connectivity index (χ1v) is 4.32. The van der Waals surface area contributed by atoms with Gasteiger partial charge in [0.15, 0.2) is 0 Å². The van der Waals surface area contributed by atoms with Crippen molar-refractivity contribution in [2.24, 2.45) is 16.8 Å². The molecule has 2 atom stereocenters. The Kier molecular flexibility index (Phi) is 6.26. The normalized spacial score (nSPS) is 17.0. The number of nitrogens with two attached hydrogens (primary N) is 1. The lowest BCUT2D eigenvalue weighted by molar-refractivity contribution is 0.117. The Morgan fingerprint density at radius 1 is 1.54 bits per heavy atom. The van der Waals surface area contributed by atoms with E-state index in [4.69, 9.17) is 15.7 Å². The first-order chi connectivity index (χ1) is 6.11. The molecule has 13 heavy (non-hydrogen) atoms. The van der Waals surface area contributed by atoms with Gasteiger partial charge in [-0.05, 0) is 6.92 Å². The molecule has 0 aromatic carbocycles. The molecule has 0 aromatic heterocycles. The van der Waals surface area contributed by atoms with Crippen molar-refractivity contribution >= 4 is 5.84 Å². The highest BCUT2D eigenvalue weighted by atomic mass is 16.5. The third-order valence-electron chi connectivity index (χ3n) is 1.91. The fraction of sp³-hybridized carbons (Fsp3) is 0.875. The van der Waals surface area contributed by atoms with Crippen molar-refractivity contribution in [2.75, 3.05) is 20.2 Å². The van der Waals surface area contributed by atoms with Gasteiger partial charge >= 0.3 is 0 Å². The molecule has 0 rings (SSSR count). The van der Waals surface area contributed by atoms with Crippen LogP contribution in [0.25, 0.3) is 0 Å². The molecular formula is C8H19N3O2. The highest BCUT2D eigenvalue weighted by molar-refractivity contribution is 5.82. The minimum Gasteiger partial charge on any atom is -0.409 e. The highest BCUT2D eigenvalue weighted by Crippen LogP contribution is 1.92. The Balaban J connectivity index is 3.53. The number of amidine groups is 1. The molecule has 0 spiro atoms. The molecular weight excluding hydrogens is 170 g/mol. The Hall–Kier alpha value is -0.810. The van der Waals surface area contributed by atoms with E-state index in [0.29, 0.717) is 6.54 Å². The van der Waals surface area contributed by atoms with E-state index in [-0.39, 0.29) is 17.9 Å². The number of methoxy groups -OCH3 is 1. The lowest BCUT2D eigenvalue weighted by atomic mass is 10.1. The van der Waals surface area contributed by atoms with Gasteiger partial charge in [0.25, 0.3) is 0 Å². The van der Waals surface area contributed by atoms with E-state index in [1.165, 1.54) is 0 Å². The van der Waals surface area contributed by atoms with Gasteiger partial charge in [0.05, 0.1) is 6.10 Å². The van der Waals surface area contributed by atoms with E-state index in [9.17, 15) is 0 Å². The molecule has 0 saturated heterocycles. The van der Waals surface area contributed by atoms with Crippen molar-refractivity contribution in [3.63, 3.8) is 0 Å². The summed E-state index contributed by atoms with van der Waals surface area (Å²) in [6.45, 7) is 5.31. The van der Waals surface area contributed by atoms with Gasteiger partial charge in [-0.1, -0.05) is 12.1 Å². The zero-order chi connectivity index (χ0) is 10.3. The van der Waals surface area contributed by atoms with E-state index in [2.05, 4.69) is 10.5 Å². The van der Waals surface area contributed by atoms with Crippen molar-refractivity contribution < 1.29 is 9.94 Å². The van der Waals surface area contributed by atoms with Crippen LogP contribution in [0.4, 0.5) is 0 Å². The summed E-state index contributed by atoms with van der Waals surface area (Å²) in [5.74, 6) is 0.284. The number of nitrogens with zero attached hydrogens (tertiary/aromatic N) is 1. The molecule has 0 amide bonds. The van der Waals surface area contributed by atoms with E-state index < -0.39 is 0 Å².